The molecule has 158 valence electrons. The molecule has 3 rings (SSSR count). The Hall–Kier alpha value is -2.52. The number of hydrogen-bond donors (Lipinski definition) is 1. The molecule has 6 nitrogen and oxygen atoms in total. The van der Waals surface area contributed by atoms with E-state index in [-0.39, 0.29) is 16.8 Å². The molecule has 8 heteroatoms. The van der Waals surface area contributed by atoms with Crippen LogP contribution in [0, 0.1) is 0 Å². The number of aryl methyl sites for hydroxylation is 1. The van der Waals surface area contributed by atoms with Gasteiger partial charge in [0.1, 0.15) is 0 Å². The van der Waals surface area contributed by atoms with E-state index in [9.17, 15) is 13.2 Å². The van der Waals surface area contributed by atoms with Crippen molar-refractivity contribution in [3.05, 3.63) is 87.6 Å². The van der Waals surface area contributed by atoms with Crippen molar-refractivity contribution >= 4 is 27.3 Å². The van der Waals surface area contributed by atoms with Crippen molar-refractivity contribution in [3.63, 3.8) is 0 Å². The van der Waals surface area contributed by atoms with Gasteiger partial charge in [-0.3, -0.25) is 9.63 Å². The van der Waals surface area contributed by atoms with E-state index in [1.54, 1.807) is 11.3 Å². The third-order valence-electron chi connectivity index (χ3n) is 4.83. The van der Waals surface area contributed by atoms with Crippen LogP contribution < -0.4 is 5.32 Å². The lowest BCUT2D eigenvalue weighted by Gasteiger charge is -2.19. The Kier molecular flexibility index (Phi) is 7.04. The molecule has 1 heterocycles. The molecule has 0 bridgehead atoms. The predicted octanol–water partition coefficient (Wildman–Crippen LogP) is 4.01. The number of carbonyl (C=O) groups excluding carboxylic acids is 1. The molecule has 30 heavy (non-hydrogen) atoms. The Morgan fingerprint density at radius 2 is 1.77 bits per heavy atom. The Morgan fingerprint density at radius 3 is 2.30 bits per heavy atom. The first kappa shape index (κ1) is 22.2. The van der Waals surface area contributed by atoms with Gasteiger partial charge in [-0.2, -0.15) is 0 Å². The number of benzene rings is 2. The van der Waals surface area contributed by atoms with Gasteiger partial charge in [0.2, 0.25) is 0 Å². The summed E-state index contributed by atoms with van der Waals surface area (Å²) >= 11 is 1.57. The van der Waals surface area contributed by atoms with E-state index >= 15 is 0 Å². The Morgan fingerprint density at radius 1 is 1.10 bits per heavy atom. The molecule has 3 aromatic rings. The first-order chi connectivity index (χ1) is 14.4. The Balaban J connectivity index is 1.84. The second kappa shape index (κ2) is 9.53. The van der Waals surface area contributed by atoms with Crippen molar-refractivity contribution in [3.8, 4) is 0 Å². The molecule has 1 amide bonds. The maximum absolute atomic E-state index is 12.9. The fraction of sp³-hybridized carbons (Fsp3) is 0.227. The normalized spacial score (nSPS) is 12.7. The number of nitrogens with one attached hydrogen (secondary N) is 1. The van der Waals surface area contributed by atoms with Gasteiger partial charge in [0.25, 0.3) is 15.9 Å². The van der Waals surface area contributed by atoms with E-state index < -0.39 is 10.0 Å². The van der Waals surface area contributed by atoms with Crippen LogP contribution in [-0.2, 0) is 21.3 Å². The summed E-state index contributed by atoms with van der Waals surface area (Å²) in [7, 11) is -1.17. The molecule has 0 aliphatic rings. The van der Waals surface area contributed by atoms with Crippen molar-refractivity contribution in [1.29, 1.82) is 0 Å². The SMILES string of the molecule is CCc1ccc(C(NC(=O)c2ccc(S(=O)(=O)N(C)OC)cc2)c2cccs2)cc1. The molecule has 0 radical (unpaired) electrons. The van der Waals surface area contributed by atoms with Crippen LogP contribution in [0.15, 0.2) is 70.9 Å². The van der Waals surface area contributed by atoms with E-state index in [1.165, 1.54) is 44.0 Å². The standard InChI is InChI=1S/C22H24N2O4S2/c1-4-16-7-9-17(10-8-16)21(20-6-5-15-29-20)23-22(25)18-11-13-19(14-12-18)30(26,27)24(2)28-3/h5-15,21H,4H2,1-3H3,(H,23,25). The van der Waals surface area contributed by atoms with Crippen LogP contribution >= 0.6 is 11.3 Å². The number of carbonyl (C=O) groups is 1. The monoisotopic (exact) mass is 444 g/mol. The highest BCUT2D eigenvalue weighted by molar-refractivity contribution is 7.89. The summed E-state index contributed by atoms with van der Waals surface area (Å²) in [5.74, 6) is -0.281. The maximum Gasteiger partial charge on any atom is 0.264 e. The van der Waals surface area contributed by atoms with Crippen molar-refractivity contribution in [2.24, 2.45) is 0 Å². The van der Waals surface area contributed by atoms with Crippen molar-refractivity contribution < 1.29 is 18.0 Å². The van der Waals surface area contributed by atoms with Gasteiger partial charge in [-0.25, -0.2) is 8.42 Å². The minimum atomic E-state index is -3.76. The second-order valence-corrected chi connectivity index (χ2v) is 9.55. The second-order valence-electron chi connectivity index (χ2n) is 6.64. The molecule has 1 atom stereocenters. The number of hydroxylamine groups is 1. The van der Waals surface area contributed by atoms with Crippen molar-refractivity contribution in [2.75, 3.05) is 14.2 Å². The van der Waals surface area contributed by atoms with Gasteiger partial charge < -0.3 is 5.32 Å². The van der Waals surface area contributed by atoms with Gasteiger partial charge in [-0.15, -0.1) is 11.3 Å². The van der Waals surface area contributed by atoms with Crippen LogP contribution in [-0.4, -0.2) is 33.0 Å². The number of hydrogen-bond acceptors (Lipinski definition) is 5. The highest BCUT2D eigenvalue weighted by atomic mass is 32.2. The van der Waals surface area contributed by atoms with Crippen LogP contribution in [0.25, 0.3) is 0 Å². The van der Waals surface area contributed by atoms with E-state index in [2.05, 4.69) is 24.4 Å². The predicted molar refractivity (Wildman–Crippen MR) is 118 cm³/mol. The zero-order valence-electron chi connectivity index (χ0n) is 17.0. The molecule has 0 aliphatic carbocycles. The van der Waals surface area contributed by atoms with Crippen LogP contribution in [0.3, 0.4) is 0 Å². The third kappa shape index (κ3) is 4.79. The lowest BCUT2D eigenvalue weighted by molar-refractivity contribution is -0.0258. The van der Waals surface area contributed by atoms with Gasteiger partial charge in [0, 0.05) is 17.5 Å². The molecule has 0 saturated carbocycles. The fourth-order valence-corrected chi connectivity index (χ4v) is 4.73. The van der Waals surface area contributed by atoms with Crippen molar-refractivity contribution in [2.45, 2.75) is 24.3 Å². The number of sulfonamides is 1. The largest absolute Gasteiger partial charge is 0.340 e. The first-order valence-electron chi connectivity index (χ1n) is 9.43. The van der Waals surface area contributed by atoms with E-state index in [0.29, 0.717) is 5.56 Å². The number of thiophene rings is 1. The van der Waals surface area contributed by atoms with Gasteiger partial charge in [0.05, 0.1) is 18.0 Å². The summed E-state index contributed by atoms with van der Waals surface area (Å²) in [4.78, 5) is 18.8. The quantitative estimate of drug-likeness (QED) is 0.533. The van der Waals surface area contributed by atoms with Crippen LogP contribution in [0.2, 0.25) is 0 Å². The van der Waals surface area contributed by atoms with E-state index in [1.807, 2.05) is 29.6 Å². The number of nitrogens with zero attached hydrogens (tertiary/aromatic N) is 1. The minimum absolute atomic E-state index is 0.0494. The Bertz CT molecular complexity index is 1080. The highest BCUT2D eigenvalue weighted by Gasteiger charge is 2.22. The average molecular weight is 445 g/mol. The molecule has 1 N–H and O–H groups in total. The Labute approximate surface area is 181 Å². The smallest absolute Gasteiger partial charge is 0.264 e. The van der Waals surface area contributed by atoms with E-state index in [4.69, 9.17) is 4.84 Å². The fourth-order valence-electron chi connectivity index (χ4n) is 2.96. The zero-order chi connectivity index (χ0) is 21.7. The highest BCUT2D eigenvalue weighted by Crippen LogP contribution is 2.27. The molecule has 0 fully saturated rings. The summed E-state index contributed by atoms with van der Waals surface area (Å²) in [6.07, 6.45) is 0.948. The molecule has 0 saturated heterocycles. The molecule has 1 aromatic heterocycles. The first-order valence-corrected chi connectivity index (χ1v) is 11.7. The summed E-state index contributed by atoms with van der Waals surface area (Å²) in [6, 6.07) is 17.6. The van der Waals surface area contributed by atoms with Crippen molar-refractivity contribution in [1.82, 2.24) is 9.79 Å². The number of amides is 1. The lowest BCUT2D eigenvalue weighted by atomic mass is 10.0. The maximum atomic E-state index is 12.9. The van der Waals surface area contributed by atoms with Crippen LogP contribution in [0.5, 0.6) is 0 Å². The molecule has 2 aromatic carbocycles. The van der Waals surface area contributed by atoms with Gasteiger partial charge in [0.15, 0.2) is 0 Å². The van der Waals surface area contributed by atoms with Crippen LogP contribution in [0.4, 0.5) is 0 Å². The van der Waals surface area contributed by atoms with E-state index in [0.717, 1.165) is 21.3 Å². The zero-order valence-corrected chi connectivity index (χ0v) is 18.7. The summed E-state index contributed by atoms with van der Waals surface area (Å²) in [5.41, 5.74) is 2.59. The molecular weight excluding hydrogens is 420 g/mol. The average Bonchev–Trinajstić information content (AvgIpc) is 3.31. The summed E-state index contributed by atoms with van der Waals surface area (Å²) in [5, 5.41) is 5.04. The molecule has 0 spiro atoms. The van der Waals surface area contributed by atoms with Crippen LogP contribution in [0.1, 0.15) is 39.3 Å². The van der Waals surface area contributed by atoms with Gasteiger partial charge in [-0.1, -0.05) is 41.7 Å². The molecule has 0 aliphatic heterocycles. The van der Waals surface area contributed by atoms with Gasteiger partial charge in [-0.05, 0) is 53.3 Å². The molecule has 1 unspecified atom stereocenters. The summed E-state index contributed by atoms with van der Waals surface area (Å²) in [6.45, 7) is 2.10. The third-order valence-corrected chi connectivity index (χ3v) is 7.47. The lowest BCUT2D eigenvalue weighted by Crippen LogP contribution is -2.29. The summed E-state index contributed by atoms with van der Waals surface area (Å²) < 4.78 is 25.4. The molecular formula is C22H24N2O4S2. The van der Waals surface area contributed by atoms with Gasteiger partial charge >= 0.3 is 0 Å². The number of rotatable bonds is 8. The minimum Gasteiger partial charge on any atom is -0.340 e. The topological polar surface area (TPSA) is 75.7 Å².